The molecule has 0 saturated carbocycles. The molecular formula is C23H32IN5O4. The maximum atomic E-state index is 11.3. The van der Waals surface area contributed by atoms with Crippen molar-refractivity contribution in [3.8, 4) is 5.75 Å². The monoisotopic (exact) mass is 569 g/mol. The van der Waals surface area contributed by atoms with Crippen LogP contribution < -0.4 is 15.4 Å². The molecule has 9 nitrogen and oxygen atoms in total. The number of nitro groups is 1. The number of ether oxygens (including phenoxy) is 2. The fourth-order valence-corrected chi connectivity index (χ4v) is 3.69. The third-order valence-electron chi connectivity index (χ3n) is 5.39. The Morgan fingerprint density at radius 2 is 1.88 bits per heavy atom. The number of rotatable bonds is 9. The Hall–Kier alpha value is -2.44. The van der Waals surface area contributed by atoms with Gasteiger partial charge in [0, 0.05) is 32.2 Å². The first kappa shape index (κ1) is 26.8. The number of hydrogen-bond donors (Lipinski definition) is 2. The van der Waals surface area contributed by atoms with Gasteiger partial charge in [0.15, 0.2) is 5.96 Å². The summed E-state index contributed by atoms with van der Waals surface area (Å²) >= 11 is 0. The van der Waals surface area contributed by atoms with Gasteiger partial charge in [-0.3, -0.25) is 15.0 Å². The van der Waals surface area contributed by atoms with E-state index in [9.17, 15) is 10.1 Å². The molecule has 2 aromatic carbocycles. The zero-order chi connectivity index (χ0) is 22.8. The summed E-state index contributed by atoms with van der Waals surface area (Å²) < 4.78 is 10.8. The highest BCUT2D eigenvalue weighted by atomic mass is 127. The normalized spacial score (nSPS) is 15.3. The first-order valence-electron chi connectivity index (χ1n) is 10.8. The first-order valence-corrected chi connectivity index (χ1v) is 10.8. The first-order chi connectivity index (χ1) is 15.6. The maximum Gasteiger partial charge on any atom is 0.274 e. The van der Waals surface area contributed by atoms with Crippen molar-refractivity contribution in [2.45, 2.75) is 19.5 Å². The molecule has 10 heteroatoms. The van der Waals surface area contributed by atoms with E-state index >= 15 is 0 Å². The lowest BCUT2D eigenvalue weighted by Crippen LogP contribution is -2.46. The summed E-state index contributed by atoms with van der Waals surface area (Å²) in [4.78, 5) is 17.9. The lowest BCUT2D eigenvalue weighted by atomic mass is 10.0. The van der Waals surface area contributed by atoms with E-state index in [0.29, 0.717) is 37.8 Å². The van der Waals surface area contributed by atoms with Gasteiger partial charge in [-0.15, -0.1) is 24.0 Å². The average molecular weight is 569 g/mol. The summed E-state index contributed by atoms with van der Waals surface area (Å²) in [5.74, 6) is 1.44. The van der Waals surface area contributed by atoms with Crippen molar-refractivity contribution < 1.29 is 14.4 Å². The van der Waals surface area contributed by atoms with E-state index < -0.39 is 0 Å². The Morgan fingerprint density at radius 1 is 1.18 bits per heavy atom. The van der Waals surface area contributed by atoms with Crippen molar-refractivity contribution in [1.29, 1.82) is 0 Å². The lowest BCUT2D eigenvalue weighted by molar-refractivity contribution is -0.385. The molecule has 1 fully saturated rings. The molecule has 0 bridgehead atoms. The Bertz CT molecular complexity index is 904. The predicted octanol–water partition coefficient (Wildman–Crippen LogP) is 3.35. The number of halogens is 1. The highest BCUT2D eigenvalue weighted by molar-refractivity contribution is 14.0. The van der Waals surface area contributed by atoms with Crippen molar-refractivity contribution in [3.05, 3.63) is 69.8 Å². The molecular weight excluding hydrogens is 537 g/mol. The quantitative estimate of drug-likeness (QED) is 0.157. The molecule has 2 aromatic rings. The minimum Gasteiger partial charge on any atom is -0.497 e. The predicted molar refractivity (Wildman–Crippen MR) is 139 cm³/mol. The second kappa shape index (κ2) is 14.0. The Kier molecular flexibility index (Phi) is 11.3. The minimum absolute atomic E-state index is 0. The number of aliphatic imine (C=N–C) groups is 1. The Morgan fingerprint density at radius 3 is 2.52 bits per heavy atom. The van der Waals surface area contributed by atoms with Gasteiger partial charge < -0.3 is 20.1 Å². The standard InChI is InChI=1S/C23H31N5O4.HI/c1-3-24-23(25-16-19-6-4-5-7-21(19)28(29)30)26-17-22(27-12-14-32-15-13-27)18-8-10-20(31-2)11-9-18;/h4-11,22H,3,12-17H2,1-2H3,(H2,24,25,26);1H. The van der Waals surface area contributed by atoms with E-state index in [-0.39, 0.29) is 47.2 Å². The number of nitrogens with one attached hydrogen (secondary N) is 2. The van der Waals surface area contributed by atoms with Crippen LogP contribution >= 0.6 is 24.0 Å². The van der Waals surface area contributed by atoms with Crippen LogP contribution in [0, 0.1) is 10.1 Å². The van der Waals surface area contributed by atoms with Crippen molar-refractivity contribution in [1.82, 2.24) is 15.5 Å². The van der Waals surface area contributed by atoms with Crippen LogP contribution in [0.5, 0.6) is 5.75 Å². The van der Waals surface area contributed by atoms with Gasteiger partial charge in [-0.05, 0) is 24.6 Å². The molecule has 2 N–H and O–H groups in total. The molecule has 0 aliphatic carbocycles. The summed E-state index contributed by atoms with van der Waals surface area (Å²) in [6.07, 6.45) is 0. The van der Waals surface area contributed by atoms with Crippen LogP contribution in [0.4, 0.5) is 5.69 Å². The molecule has 1 unspecified atom stereocenters. The van der Waals surface area contributed by atoms with E-state index in [2.05, 4.69) is 32.7 Å². The summed E-state index contributed by atoms with van der Waals surface area (Å²) in [6, 6.07) is 14.9. The number of methoxy groups -OCH3 is 1. The summed E-state index contributed by atoms with van der Waals surface area (Å²) in [5.41, 5.74) is 1.83. The summed E-state index contributed by atoms with van der Waals surface area (Å²) in [6.45, 7) is 6.65. The second-order valence-electron chi connectivity index (χ2n) is 7.40. The highest BCUT2D eigenvalue weighted by Gasteiger charge is 2.23. The SMILES string of the molecule is CCNC(=NCc1ccccc1[N+](=O)[O-])NCC(c1ccc(OC)cc1)N1CCOCC1.I. The molecule has 33 heavy (non-hydrogen) atoms. The van der Waals surface area contributed by atoms with E-state index in [1.54, 1.807) is 25.3 Å². The molecule has 180 valence electrons. The molecule has 0 amide bonds. The van der Waals surface area contributed by atoms with Crippen LogP contribution in [0.3, 0.4) is 0 Å². The van der Waals surface area contributed by atoms with Crippen molar-refractivity contribution in [2.24, 2.45) is 4.99 Å². The van der Waals surface area contributed by atoms with Crippen LogP contribution in [0.15, 0.2) is 53.5 Å². The molecule has 1 aliphatic heterocycles. The summed E-state index contributed by atoms with van der Waals surface area (Å²) in [7, 11) is 1.66. The maximum absolute atomic E-state index is 11.3. The molecule has 1 saturated heterocycles. The fraction of sp³-hybridized carbons (Fsp3) is 0.435. The number of hydrogen-bond acceptors (Lipinski definition) is 6. The van der Waals surface area contributed by atoms with E-state index in [1.807, 2.05) is 19.1 Å². The van der Waals surface area contributed by atoms with Gasteiger partial charge in [0.25, 0.3) is 5.69 Å². The highest BCUT2D eigenvalue weighted by Crippen LogP contribution is 2.24. The number of para-hydroxylation sites is 1. The minimum atomic E-state index is -0.372. The van der Waals surface area contributed by atoms with Gasteiger partial charge in [0.05, 0.1) is 43.4 Å². The molecule has 1 aliphatic rings. The van der Waals surface area contributed by atoms with Crippen LogP contribution in [0.1, 0.15) is 24.1 Å². The second-order valence-corrected chi connectivity index (χ2v) is 7.40. The molecule has 1 atom stereocenters. The van der Waals surface area contributed by atoms with Crippen LogP contribution in [-0.2, 0) is 11.3 Å². The molecule has 0 aromatic heterocycles. The van der Waals surface area contributed by atoms with Gasteiger partial charge >= 0.3 is 0 Å². The van der Waals surface area contributed by atoms with Gasteiger partial charge in [-0.1, -0.05) is 30.3 Å². The number of nitrogens with zero attached hydrogens (tertiary/aromatic N) is 3. The van der Waals surface area contributed by atoms with Gasteiger partial charge in [0.1, 0.15) is 5.75 Å². The van der Waals surface area contributed by atoms with Gasteiger partial charge in [0.2, 0.25) is 0 Å². The van der Waals surface area contributed by atoms with Gasteiger partial charge in [-0.25, -0.2) is 4.99 Å². The largest absolute Gasteiger partial charge is 0.497 e. The van der Waals surface area contributed by atoms with Crippen molar-refractivity contribution in [2.75, 3.05) is 46.5 Å². The number of benzene rings is 2. The molecule has 0 spiro atoms. The zero-order valence-electron chi connectivity index (χ0n) is 19.0. The molecule has 3 rings (SSSR count). The number of nitro benzene ring substituents is 1. The van der Waals surface area contributed by atoms with E-state index in [4.69, 9.17) is 9.47 Å². The van der Waals surface area contributed by atoms with Crippen LogP contribution in [0.25, 0.3) is 0 Å². The van der Waals surface area contributed by atoms with Crippen molar-refractivity contribution >= 4 is 35.6 Å². The molecule has 0 radical (unpaired) electrons. The Labute approximate surface area is 211 Å². The third kappa shape index (κ3) is 7.83. The van der Waals surface area contributed by atoms with E-state index in [1.165, 1.54) is 11.6 Å². The fourth-order valence-electron chi connectivity index (χ4n) is 3.69. The number of morpholine rings is 1. The Balaban J connectivity index is 0.00000385. The topological polar surface area (TPSA) is 101 Å². The third-order valence-corrected chi connectivity index (χ3v) is 5.39. The van der Waals surface area contributed by atoms with E-state index in [0.717, 1.165) is 18.8 Å². The van der Waals surface area contributed by atoms with Crippen molar-refractivity contribution in [3.63, 3.8) is 0 Å². The molecule has 1 heterocycles. The average Bonchev–Trinajstić information content (AvgIpc) is 2.83. The van der Waals surface area contributed by atoms with Crippen LogP contribution in [0.2, 0.25) is 0 Å². The summed E-state index contributed by atoms with van der Waals surface area (Å²) in [5, 5.41) is 17.9. The number of guanidine groups is 1. The lowest BCUT2D eigenvalue weighted by Gasteiger charge is -2.35. The van der Waals surface area contributed by atoms with Crippen LogP contribution in [-0.4, -0.2) is 62.3 Å². The zero-order valence-corrected chi connectivity index (χ0v) is 21.4. The van der Waals surface area contributed by atoms with Gasteiger partial charge in [-0.2, -0.15) is 0 Å². The smallest absolute Gasteiger partial charge is 0.274 e.